The molecule has 1 saturated heterocycles. The molecule has 0 atom stereocenters. The van der Waals surface area contributed by atoms with Crippen LogP contribution in [0.3, 0.4) is 0 Å². The molecule has 2 N–H and O–H groups in total. The van der Waals surface area contributed by atoms with Crippen LogP contribution in [0.25, 0.3) is 22.4 Å². The van der Waals surface area contributed by atoms with Gasteiger partial charge in [-0.2, -0.15) is 0 Å². The maximum Gasteiger partial charge on any atom is 0.142 e. The van der Waals surface area contributed by atoms with Crippen molar-refractivity contribution in [2.24, 2.45) is 0 Å². The van der Waals surface area contributed by atoms with Crippen molar-refractivity contribution >= 4 is 17.3 Å². The van der Waals surface area contributed by atoms with Gasteiger partial charge in [-0.25, -0.2) is 0 Å². The van der Waals surface area contributed by atoms with E-state index in [0.717, 1.165) is 39.7 Å². The first-order valence-electron chi connectivity index (χ1n) is 9.66. The second-order valence-corrected chi connectivity index (χ2v) is 7.53. The lowest BCUT2D eigenvalue weighted by molar-refractivity contribution is 0.238. The fraction of sp³-hybridized carbons (Fsp3) is 0.261. The number of nitrogens with two attached hydrogens (primary N) is 1. The molecular weight excluding hydrogens is 370 g/mol. The molecule has 1 fully saturated rings. The summed E-state index contributed by atoms with van der Waals surface area (Å²) < 4.78 is 5.88. The van der Waals surface area contributed by atoms with Crippen molar-refractivity contribution in [2.75, 3.05) is 32.0 Å². The molecule has 1 aromatic heterocycles. The zero-order valence-corrected chi connectivity index (χ0v) is 16.5. The van der Waals surface area contributed by atoms with Crippen molar-refractivity contribution in [1.82, 2.24) is 9.88 Å². The molecule has 0 unspecified atom stereocenters. The third kappa shape index (κ3) is 4.46. The lowest BCUT2D eigenvalue weighted by Gasteiger charge is -2.16. The van der Waals surface area contributed by atoms with E-state index in [1.807, 2.05) is 54.7 Å². The predicted molar refractivity (Wildman–Crippen MR) is 116 cm³/mol. The molecule has 4 rings (SSSR count). The summed E-state index contributed by atoms with van der Waals surface area (Å²) in [6, 6.07) is 17.7. The Morgan fingerprint density at radius 3 is 2.32 bits per heavy atom. The van der Waals surface area contributed by atoms with Gasteiger partial charge >= 0.3 is 0 Å². The maximum absolute atomic E-state index is 6.21. The average molecular weight is 394 g/mol. The molecule has 0 amide bonds. The van der Waals surface area contributed by atoms with Gasteiger partial charge in [-0.1, -0.05) is 29.8 Å². The Kier molecular flexibility index (Phi) is 5.79. The van der Waals surface area contributed by atoms with Crippen LogP contribution in [0, 0.1) is 0 Å². The minimum absolute atomic E-state index is 0.641. The minimum atomic E-state index is 0.641. The molecule has 5 heteroatoms. The SMILES string of the molecule is Nc1cc(-c2ccc(-c3ccc(Cl)cc3)cn2)ccc1OCCN1CCCC1. The summed E-state index contributed by atoms with van der Waals surface area (Å²) in [4.78, 5) is 7.02. The summed E-state index contributed by atoms with van der Waals surface area (Å²) in [5.41, 5.74) is 10.9. The minimum Gasteiger partial charge on any atom is -0.490 e. The fourth-order valence-corrected chi connectivity index (χ4v) is 3.63. The molecule has 0 radical (unpaired) electrons. The van der Waals surface area contributed by atoms with E-state index in [1.54, 1.807) is 0 Å². The molecule has 28 heavy (non-hydrogen) atoms. The molecule has 0 saturated carbocycles. The summed E-state index contributed by atoms with van der Waals surface area (Å²) >= 11 is 5.96. The number of aromatic nitrogens is 1. The van der Waals surface area contributed by atoms with Crippen LogP contribution in [0.2, 0.25) is 5.02 Å². The number of ether oxygens (including phenoxy) is 1. The first-order chi connectivity index (χ1) is 13.7. The van der Waals surface area contributed by atoms with Gasteiger partial charge in [0.1, 0.15) is 12.4 Å². The summed E-state index contributed by atoms with van der Waals surface area (Å²) in [6.45, 7) is 3.97. The van der Waals surface area contributed by atoms with E-state index in [1.165, 1.54) is 25.9 Å². The predicted octanol–water partition coefficient (Wildman–Crippen LogP) is 5.13. The maximum atomic E-state index is 6.21. The smallest absolute Gasteiger partial charge is 0.142 e. The monoisotopic (exact) mass is 393 g/mol. The number of halogens is 1. The Morgan fingerprint density at radius 1 is 0.929 bits per heavy atom. The number of hydrogen-bond donors (Lipinski definition) is 1. The van der Waals surface area contributed by atoms with Crippen LogP contribution in [0.5, 0.6) is 5.75 Å². The number of nitrogen functional groups attached to an aromatic ring is 1. The van der Waals surface area contributed by atoms with Crippen molar-refractivity contribution in [3.8, 4) is 28.1 Å². The van der Waals surface area contributed by atoms with E-state index in [0.29, 0.717) is 12.3 Å². The second-order valence-electron chi connectivity index (χ2n) is 7.09. The van der Waals surface area contributed by atoms with Crippen molar-refractivity contribution in [1.29, 1.82) is 0 Å². The third-order valence-corrected chi connectivity index (χ3v) is 5.36. The Morgan fingerprint density at radius 2 is 1.64 bits per heavy atom. The number of hydrogen-bond acceptors (Lipinski definition) is 4. The quantitative estimate of drug-likeness (QED) is 0.590. The van der Waals surface area contributed by atoms with Gasteiger partial charge in [-0.3, -0.25) is 9.88 Å². The zero-order chi connectivity index (χ0) is 19.3. The van der Waals surface area contributed by atoms with E-state index < -0.39 is 0 Å². The van der Waals surface area contributed by atoms with Gasteiger partial charge in [-0.15, -0.1) is 0 Å². The molecule has 0 spiro atoms. The van der Waals surface area contributed by atoms with E-state index in [9.17, 15) is 0 Å². The van der Waals surface area contributed by atoms with Crippen LogP contribution < -0.4 is 10.5 Å². The summed E-state index contributed by atoms with van der Waals surface area (Å²) in [7, 11) is 0. The summed E-state index contributed by atoms with van der Waals surface area (Å²) in [6.07, 6.45) is 4.45. The van der Waals surface area contributed by atoms with Crippen LogP contribution in [0.4, 0.5) is 5.69 Å². The van der Waals surface area contributed by atoms with Crippen LogP contribution >= 0.6 is 11.6 Å². The molecular formula is C23H24ClN3O. The topological polar surface area (TPSA) is 51.4 Å². The van der Waals surface area contributed by atoms with E-state index in [4.69, 9.17) is 22.1 Å². The lowest BCUT2D eigenvalue weighted by Crippen LogP contribution is -2.25. The Bertz CT molecular complexity index is 920. The molecule has 0 bridgehead atoms. The number of pyridine rings is 1. The van der Waals surface area contributed by atoms with Gasteiger partial charge in [0.2, 0.25) is 0 Å². The van der Waals surface area contributed by atoms with Gasteiger partial charge in [0, 0.05) is 28.9 Å². The van der Waals surface area contributed by atoms with Crippen molar-refractivity contribution in [3.05, 3.63) is 65.8 Å². The molecule has 1 aliphatic heterocycles. The molecule has 2 aromatic carbocycles. The van der Waals surface area contributed by atoms with Crippen LogP contribution in [-0.4, -0.2) is 36.1 Å². The van der Waals surface area contributed by atoms with Crippen molar-refractivity contribution in [3.63, 3.8) is 0 Å². The van der Waals surface area contributed by atoms with Crippen molar-refractivity contribution < 1.29 is 4.74 Å². The number of likely N-dealkylation sites (tertiary alicyclic amines) is 1. The normalized spacial score (nSPS) is 14.3. The largest absolute Gasteiger partial charge is 0.490 e. The molecule has 0 aliphatic carbocycles. The molecule has 144 valence electrons. The van der Waals surface area contributed by atoms with E-state index in [-0.39, 0.29) is 0 Å². The van der Waals surface area contributed by atoms with Gasteiger partial charge in [0.15, 0.2) is 0 Å². The Labute approximate surface area is 170 Å². The molecule has 4 nitrogen and oxygen atoms in total. The summed E-state index contributed by atoms with van der Waals surface area (Å²) in [5.74, 6) is 0.737. The number of benzene rings is 2. The third-order valence-electron chi connectivity index (χ3n) is 5.11. The number of nitrogens with zero attached hydrogens (tertiary/aromatic N) is 2. The fourth-order valence-electron chi connectivity index (χ4n) is 3.51. The first kappa shape index (κ1) is 18.8. The van der Waals surface area contributed by atoms with E-state index in [2.05, 4.69) is 16.0 Å². The average Bonchev–Trinajstić information content (AvgIpc) is 3.23. The molecule has 1 aliphatic rings. The molecule has 2 heterocycles. The Hall–Kier alpha value is -2.56. The van der Waals surface area contributed by atoms with Crippen LogP contribution in [0.1, 0.15) is 12.8 Å². The van der Waals surface area contributed by atoms with Gasteiger partial charge in [0.05, 0.1) is 11.4 Å². The highest BCUT2D eigenvalue weighted by Crippen LogP contribution is 2.29. The Balaban J connectivity index is 1.42. The van der Waals surface area contributed by atoms with Crippen LogP contribution in [-0.2, 0) is 0 Å². The van der Waals surface area contributed by atoms with Crippen molar-refractivity contribution in [2.45, 2.75) is 12.8 Å². The van der Waals surface area contributed by atoms with Gasteiger partial charge in [-0.05, 0) is 67.9 Å². The second kappa shape index (κ2) is 8.63. The highest BCUT2D eigenvalue weighted by Gasteiger charge is 2.11. The first-order valence-corrected chi connectivity index (χ1v) is 10.0. The number of rotatable bonds is 6. The van der Waals surface area contributed by atoms with E-state index >= 15 is 0 Å². The number of anilines is 1. The van der Waals surface area contributed by atoms with Gasteiger partial charge < -0.3 is 10.5 Å². The summed E-state index contributed by atoms with van der Waals surface area (Å²) in [5, 5.41) is 0.728. The molecule has 3 aromatic rings. The highest BCUT2D eigenvalue weighted by molar-refractivity contribution is 6.30. The lowest BCUT2D eigenvalue weighted by atomic mass is 10.1. The zero-order valence-electron chi connectivity index (χ0n) is 15.8. The van der Waals surface area contributed by atoms with Gasteiger partial charge in [0.25, 0.3) is 0 Å². The van der Waals surface area contributed by atoms with Crippen LogP contribution in [0.15, 0.2) is 60.8 Å². The standard InChI is InChI=1S/C23H24ClN3O/c24-20-7-3-17(4-8-20)19-5-9-22(26-16-19)18-6-10-23(21(25)15-18)28-14-13-27-11-1-2-12-27/h3-10,15-16H,1-2,11-14,25H2. The highest BCUT2D eigenvalue weighted by atomic mass is 35.5.